The third kappa shape index (κ3) is 3.48. The Morgan fingerprint density at radius 3 is 2.86 bits per heavy atom. The van der Waals surface area contributed by atoms with Crippen molar-refractivity contribution in [3.8, 4) is 0 Å². The normalized spacial score (nSPS) is 11.0. The van der Waals surface area contributed by atoms with E-state index in [9.17, 15) is 4.79 Å². The smallest absolute Gasteiger partial charge is 0.235 e. The van der Waals surface area contributed by atoms with E-state index in [1.807, 2.05) is 31.2 Å². The first-order valence-corrected chi connectivity index (χ1v) is 7.98. The molecule has 0 aliphatic heterocycles. The first kappa shape index (κ1) is 14.6. The molecular formula is C15H16N4O2S. The van der Waals surface area contributed by atoms with Gasteiger partial charge in [0.05, 0.1) is 21.8 Å². The van der Waals surface area contributed by atoms with Crippen LogP contribution in [0.2, 0.25) is 0 Å². The molecule has 0 saturated carbocycles. The number of hydrogen-bond donors (Lipinski definition) is 1. The van der Waals surface area contributed by atoms with E-state index in [1.54, 1.807) is 11.3 Å². The molecule has 0 unspecified atom stereocenters. The van der Waals surface area contributed by atoms with E-state index in [1.165, 1.54) is 0 Å². The van der Waals surface area contributed by atoms with Gasteiger partial charge in [-0.25, -0.2) is 4.98 Å². The lowest BCUT2D eigenvalue weighted by Gasteiger charge is -2.00. The van der Waals surface area contributed by atoms with E-state index in [2.05, 4.69) is 20.5 Å². The molecule has 0 saturated heterocycles. The van der Waals surface area contributed by atoms with Crippen LogP contribution in [-0.2, 0) is 24.2 Å². The lowest BCUT2D eigenvalue weighted by Crippen LogP contribution is -2.23. The number of rotatable bonds is 6. The fourth-order valence-electron chi connectivity index (χ4n) is 2.01. The molecule has 2 heterocycles. The Bertz CT molecular complexity index is 748. The number of carbonyl (C=O) groups is 1. The molecule has 0 fully saturated rings. The molecule has 1 amide bonds. The van der Waals surface area contributed by atoms with Crippen molar-refractivity contribution in [3.63, 3.8) is 0 Å². The van der Waals surface area contributed by atoms with Crippen molar-refractivity contribution >= 4 is 27.5 Å². The maximum absolute atomic E-state index is 11.9. The number of benzene rings is 1. The first-order chi connectivity index (χ1) is 10.7. The molecule has 22 heavy (non-hydrogen) atoms. The summed E-state index contributed by atoms with van der Waals surface area (Å²) in [5, 5.41) is 11.5. The van der Waals surface area contributed by atoms with Gasteiger partial charge >= 0.3 is 0 Å². The number of nitrogens with zero attached hydrogens (tertiary/aromatic N) is 3. The molecule has 6 nitrogen and oxygen atoms in total. The molecule has 2 aromatic heterocycles. The average Bonchev–Trinajstić information content (AvgIpc) is 3.16. The number of thiazole rings is 1. The maximum Gasteiger partial charge on any atom is 0.235 e. The van der Waals surface area contributed by atoms with Crippen molar-refractivity contribution < 1.29 is 9.21 Å². The molecule has 1 N–H and O–H groups in total. The summed E-state index contributed by atoms with van der Waals surface area (Å²) in [5.41, 5.74) is 0.987. The fraction of sp³-hybridized carbons (Fsp3) is 0.333. The predicted molar refractivity (Wildman–Crippen MR) is 83.5 cm³/mol. The predicted octanol–water partition coefficient (Wildman–Crippen LogP) is 2.49. The quantitative estimate of drug-likeness (QED) is 0.755. The van der Waals surface area contributed by atoms with E-state index >= 15 is 0 Å². The molecule has 3 rings (SSSR count). The van der Waals surface area contributed by atoms with Crippen LogP contribution in [0, 0.1) is 0 Å². The molecule has 0 atom stereocenters. The zero-order chi connectivity index (χ0) is 15.4. The highest BCUT2D eigenvalue weighted by Gasteiger charge is 2.09. The van der Waals surface area contributed by atoms with Crippen LogP contribution in [0.5, 0.6) is 0 Å². The number of aromatic nitrogens is 3. The molecule has 0 bridgehead atoms. The second kappa shape index (κ2) is 6.65. The standard InChI is InChI=1S/C15H16N4O2S/c1-2-13-18-19-14(21-13)9-16-12(20)7-8-15-17-10-5-3-4-6-11(10)22-15/h3-6H,2,7-9H2,1H3,(H,16,20). The number of carbonyl (C=O) groups excluding carboxylic acids is 1. The molecule has 3 aromatic rings. The summed E-state index contributed by atoms with van der Waals surface area (Å²) in [6.07, 6.45) is 1.72. The molecule has 7 heteroatoms. The summed E-state index contributed by atoms with van der Waals surface area (Å²) in [6.45, 7) is 2.21. The van der Waals surface area contributed by atoms with Gasteiger partial charge < -0.3 is 9.73 Å². The van der Waals surface area contributed by atoms with E-state index in [4.69, 9.17) is 4.42 Å². The SMILES string of the molecule is CCc1nnc(CNC(=O)CCc2nc3ccccc3s2)o1. The number of para-hydroxylation sites is 1. The van der Waals surface area contributed by atoms with Gasteiger partial charge in [0.25, 0.3) is 0 Å². The van der Waals surface area contributed by atoms with Crippen molar-refractivity contribution in [1.82, 2.24) is 20.5 Å². The summed E-state index contributed by atoms with van der Waals surface area (Å²) in [4.78, 5) is 16.4. The van der Waals surface area contributed by atoms with Gasteiger partial charge in [-0.2, -0.15) is 0 Å². The molecule has 0 aliphatic rings. The maximum atomic E-state index is 11.9. The third-order valence-corrected chi connectivity index (χ3v) is 4.25. The van der Waals surface area contributed by atoms with Gasteiger partial charge in [-0.15, -0.1) is 21.5 Å². The number of hydrogen-bond acceptors (Lipinski definition) is 6. The Balaban J connectivity index is 1.49. The number of nitrogens with one attached hydrogen (secondary N) is 1. The van der Waals surface area contributed by atoms with Crippen LogP contribution in [0.1, 0.15) is 30.1 Å². The second-order valence-electron chi connectivity index (χ2n) is 4.80. The van der Waals surface area contributed by atoms with Gasteiger partial charge in [0.1, 0.15) is 0 Å². The van der Waals surface area contributed by atoms with Crippen molar-refractivity contribution in [2.45, 2.75) is 32.7 Å². The Labute approximate surface area is 131 Å². The summed E-state index contributed by atoms with van der Waals surface area (Å²) in [7, 11) is 0. The van der Waals surface area contributed by atoms with Crippen LogP contribution >= 0.6 is 11.3 Å². The minimum absolute atomic E-state index is 0.0458. The second-order valence-corrected chi connectivity index (χ2v) is 5.91. The van der Waals surface area contributed by atoms with Crippen molar-refractivity contribution in [2.24, 2.45) is 0 Å². The van der Waals surface area contributed by atoms with Crippen LogP contribution in [0.15, 0.2) is 28.7 Å². The minimum atomic E-state index is -0.0458. The van der Waals surface area contributed by atoms with Crippen LogP contribution in [0.4, 0.5) is 0 Å². The van der Waals surface area contributed by atoms with E-state index in [0.717, 1.165) is 15.2 Å². The van der Waals surface area contributed by atoms with E-state index in [-0.39, 0.29) is 12.5 Å². The van der Waals surface area contributed by atoms with Gasteiger partial charge in [0, 0.05) is 19.3 Å². The zero-order valence-corrected chi connectivity index (χ0v) is 13.0. The molecule has 114 valence electrons. The van der Waals surface area contributed by atoms with Crippen LogP contribution < -0.4 is 5.32 Å². The van der Waals surface area contributed by atoms with Crippen LogP contribution in [-0.4, -0.2) is 21.1 Å². The van der Waals surface area contributed by atoms with Crippen molar-refractivity contribution in [1.29, 1.82) is 0 Å². The van der Waals surface area contributed by atoms with Gasteiger partial charge in [-0.05, 0) is 12.1 Å². The molecule has 1 aromatic carbocycles. The van der Waals surface area contributed by atoms with Gasteiger partial charge in [0.15, 0.2) is 0 Å². The molecule has 0 radical (unpaired) electrons. The highest BCUT2D eigenvalue weighted by molar-refractivity contribution is 7.18. The lowest BCUT2D eigenvalue weighted by atomic mass is 10.3. The highest BCUT2D eigenvalue weighted by Crippen LogP contribution is 2.22. The number of fused-ring (bicyclic) bond motifs is 1. The van der Waals surface area contributed by atoms with Crippen molar-refractivity contribution in [2.75, 3.05) is 0 Å². The summed E-state index contributed by atoms with van der Waals surface area (Å²) in [6, 6.07) is 7.98. The Morgan fingerprint density at radius 2 is 2.09 bits per heavy atom. The summed E-state index contributed by atoms with van der Waals surface area (Å²) >= 11 is 1.63. The third-order valence-electron chi connectivity index (χ3n) is 3.15. The van der Waals surface area contributed by atoms with Gasteiger partial charge in [-0.3, -0.25) is 4.79 Å². The summed E-state index contributed by atoms with van der Waals surface area (Å²) in [5.74, 6) is 0.972. The van der Waals surface area contributed by atoms with Gasteiger partial charge in [-0.1, -0.05) is 19.1 Å². The number of aryl methyl sites for hydroxylation is 2. The largest absolute Gasteiger partial charge is 0.423 e. The van der Waals surface area contributed by atoms with E-state index in [0.29, 0.717) is 31.0 Å². The highest BCUT2D eigenvalue weighted by atomic mass is 32.1. The van der Waals surface area contributed by atoms with Crippen LogP contribution in [0.25, 0.3) is 10.2 Å². The Morgan fingerprint density at radius 1 is 1.27 bits per heavy atom. The molecule has 0 spiro atoms. The summed E-state index contributed by atoms with van der Waals surface area (Å²) < 4.78 is 6.49. The Hall–Kier alpha value is -2.28. The zero-order valence-electron chi connectivity index (χ0n) is 12.2. The van der Waals surface area contributed by atoms with Gasteiger partial charge in [0.2, 0.25) is 17.7 Å². The number of amides is 1. The van der Waals surface area contributed by atoms with Crippen LogP contribution in [0.3, 0.4) is 0 Å². The van der Waals surface area contributed by atoms with E-state index < -0.39 is 0 Å². The topological polar surface area (TPSA) is 80.9 Å². The average molecular weight is 316 g/mol. The van der Waals surface area contributed by atoms with Crippen molar-refractivity contribution in [3.05, 3.63) is 41.1 Å². The molecule has 0 aliphatic carbocycles. The lowest BCUT2D eigenvalue weighted by molar-refractivity contribution is -0.121. The molecular weight excluding hydrogens is 300 g/mol. The monoisotopic (exact) mass is 316 g/mol. The first-order valence-electron chi connectivity index (χ1n) is 7.17. The minimum Gasteiger partial charge on any atom is -0.423 e. The Kier molecular flexibility index (Phi) is 4.43. The fourth-order valence-corrected chi connectivity index (χ4v) is 2.98.